The number of carbonyl (C=O) groups excluding carboxylic acids is 1. The lowest BCUT2D eigenvalue weighted by Crippen LogP contribution is -2.17. The Morgan fingerprint density at radius 2 is 2.05 bits per heavy atom. The van der Waals surface area contributed by atoms with Crippen LogP contribution in [0.25, 0.3) is 0 Å². The number of amides is 1. The summed E-state index contributed by atoms with van der Waals surface area (Å²) in [5.41, 5.74) is 4.35. The summed E-state index contributed by atoms with van der Waals surface area (Å²) in [5, 5.41) is 2.36. The molecule has 0 bridgehead atoms. The topological polar surface area (TPSA) is 64.3 Å². The number of nitrogens with one attached hydrogen (secondary N) is 1. The summed E-state index contributed by atoms with van der Waals surface area (Å²) in [6.45, 7) is 2.10. The van der Waals surface area contributed by atoms with E-state index in [9.17, 15) is 18.0 Å². The maximum Gasteiger partial charge on any atom is 0.416 e. The minimum Gasteiger partial charge on any atom is -0.492 e. The molecule has 3 N–H and O–H groups in total. The number of halogens is 4. The maximum absolute atomic E-state index is 12.6. The van der Waals surface area contributed by atoms with Crippen molar-refractivity contribution in [1.82, 2.24) is 0 Å². The minimum atomic E-state index is -4.47. The summed E-state index contributed by atoms with van der Waals surface area (Å²) >= 11 is 0. The number of carbonyl (C=O) groups is 1. The third-order valence-electron chi connectivity index (χ3n) is 2.25. The van der Waals surface area contributed by atoms with Gasteiger partial charge in [-0.05, 0) is 25.1 Å². The molecule has 1 rings (SSSR count). The fourth-order valence-electron chi connectivity index (χ4n) is 1.43. The van der Waals surface area contributed by atoms with Crippen LogP contribution in [-0.4, -0.2) is 19.1 Å². The monoisotopic (exact) mass is 312 g/mol. The summed E-state index contributed by atoms with van der Waals surface area (Å²) in [5.74, 6) is -0.261. The molecule has 1 aromatic rings. The number of anilines is 1. The van der Waals surface area contributed by atoms with Crippen LogP contribution in [0.2, 0.25) is 0 Å². The van der Waals surface area contributed by atoms with Crippen LogP contribution >= 0.6 is 12.4 Å². The minimum absolute atomic E-state index is 0. The highest BCUT2D eigenvalue weighted by atomic mass is 35.5. The van der Waals surface area contributed by atoms with Crippen molar-refractivity contribution < 1.29 is 22.7 Å². The highest BCUT2D eigenvalue weighted by molar-refractivity contribution is 5.92. The summed E-state index contributed by atoms with van der Waals surface area (Å²) < 4.78 is 43.0. The number of hydrogen-bond donors (Lipinski definition) is 2. The van der Waals surface area contributed by atoms with Crippen molar-refractivity contribution in [2.45, 2.75) is 19.5 Å². The van der Waals surface area contributed by atoms with Gasteiger partial charge in [-0.25, -0.2) is 0 Å². The van der Waals surface area contributed by atoms with E-state index in [0.29, 0.717) is 0 Å². The van der Waals surface area contributed by atoms with Gasteiger partial charge in [-0.2, -0.15) is 13.2 Å². The Morgan fingerprint density at radius 3 is 2.55 bits per heavy atom. The second-order valence-corrected chi connectivity index (χ2v) is 3.73. The van der Waals surface area contributed by atoms with Crippen LogP contribution in [0.4, 0.5) is 18.9 Å². The van der Waals surface area contributed by atoms with E-state index in [1.54, 1.807) is 6.92 Å². The van der Waals surface area contributed by atoms with E-state index in [1.165, 1.54) is 6.07 Å². The van der Waals surface area contributed by atoms with Gasteiger partial charge in [0.2, 0.25) is 5.91 Å². The van der Waals surface area contributed by atoms with E-state index in [2.05, 4.69) is 5.32 Å². The van der Waals surface area contributed by atoms with Crippen LogP contribution in [0, 0.1) is 0 Å². The Bertz CT molecular complexity index is 453. The molecule has 0 unspecified atom stereocenters. The second kappa shape index (κ2) is 7.96. The van der Waals surface area contributed by atoms with Gasteiger partial charge in [-0.15, -0.1) is 12.4 Å². The normalized spacial score (nSPS) is 10.7. The lowest BCUT2D eigenvalue weighted by molar-refractivity contribution is -0.137. The molecule has 0 spiro atoms. The van der Waals surface area contributed by atoms with E-state index >= 15 is 0 Å². The van der Waals surface area contributed by atoms with Gasteiger partial charge in [0.25, 0.3) is 0 Å². The molecule has 1 aromatic carbocycles. The first-order chi connectivity index (χ1) is 8.88. The maximum atomic E-state index is 12.6. The summed E-state index contributed by atoms with van der Waals surface area (Å²) in [6.07, 6.45) is -4.44. The first kappa shape index (κ1) is 18.5. The lowest BCUT2D eigenvalue weighted by Gasteiger charge is -2.14. The third-order valence-corrected chi connectivity index (χ3v) is 2.25. The molecular formula is C12H16ClF3N2O2. The number of hydrogen-bond acceptors (Lipinski definition) is 3. The van der Waals surface area contributed by atoms with E-state index in [1.807, 2.05) is 0 Å². The van der Waals surface area contributed by atoms with Crippen LogP contribution in [0.15, 0.2) is 18.2 Å². The van der Waals surface area contributed by atoms with Crippen LogP contribution in [0.3, 0.4) is 0 Å². The summed E-state index contributed by atoms with van der Waals surface area (Å²) in [7, 11) is 0. The van der Waals surface area contributed by atoms with Crippen LogP contribution in [-0.2, 0) is 11.0 Å². The average Bonchev–Trinajstić information content (AvgIpc) is 2.30. The number of benzene rings is 1. The molecule has 0 aromatic heterocycles. The molecule has 0 aliphatic rings. The van der Waals surface area contributed by atoms with E-state index in [4.69, 9.17) is 10.5 Å². The van der Waals surface area contributed by atoms with Crippen LogP contribution < -0.4 is 15.8 Å². The molecule has 0 heterocycles. The molecule has 0 fully saturated rings. The molecule has 114 valence electrons. The zero-order chi connectivity index (χ0) is 14.5. The van der Waals surface area contributed by atoms with Crippen molar-refractivity contribution in [3.05, 3.63) is 23.8 Å². The molecule has 1 amide bonds. The van der Waals surface area contributed by atoms with Gasteiger partial charge < -0.3 is 15.8 Å². The molecular weight excluding hydrogens is 297 g/mol. The summed E-state index contributed by atoms with van der Waals surface area (Å²) in [6, 6.07) is 2.94. The van der Waals surface area contributed by atoms with Crippen molar-refractivity contribution in [2.75, 3.05) is 18.5 Å². The van der Waals surface area contributed by atoms with Gasteiger partial charge in [-0.3, -0.25) is 4.79 Å². The standard InChI is InChI=1S/C12H15F3N2O2.ClH/c1-2-19-10-4-3-8(12(13,14)15)7-9(10)17-11(18)5-6-16;/h3-4,7H,2,5-6,16H2,1H3,(H,17,18);1H. The molecule has 4 nitrogen and oxygen atoms in total. The predicted octanol–water partition coefficient (Wildman–Crippen LogP) is 2.81. The Labute approximate surface area is 120 Å². The van der Waals surface area contributed by atoms with Crippen molar-refractivity contribution in [1.29, 1.82) is 0 Å². The van der Waals surface area contributed by atoms with Crippen molar-refractivity contribution in [3.8, 4) is 5.75 Å². The van der Waals surface area contributed by atoms with E-state index < -0.39 is 17.6 Å². The highest BCUT2D eigenvalue weighted by Gasteiger charge is 2.31. The van der Waals surface area contributed by atoms with Crippen LogP contribution in [0.1, 0.15) is 18.9 Å². The molecule has 0 aliphatic carbocycles. The lowest BCUT2D eigenvalue weighted by atomic mass is 10.1. The highest BCUT2D eigenvalue weighted by Crippen LogP contribution is 2.35. The number of alkyl halides is 3. The van der Waals surface area contributed by atoms with E-state index in [-0.39, 0.29) is 43.4 Å². The second-order valence-electron chi connectivity index (χ2n) is 3.73. The first-order valence-corrected chi connectivity index (χ1v) is 5.72. The van der Waals surface area contributed by atoms with Crippen molar-refractivity contribution >= 4 is 24.0 Å². The molecule has 20 heavy (non-hydrogen) atoms. The van der Waals surface area contributed by atoms with Crippen LogP contribution in [0.5, 0.6) is 5.75 Å². The predicted molar refractivity (Wildman–Crippen MR) is 72.2 cm³/mol. The Kier molecular flexibility index (Phi) is 7.38. The molecule has 0 aliphatic heterocycles. The van der Waals surface area contributed by atoms with Gasteiger partial charge in [0.15, 0.2) is 0 Å². The molecule has 0 saturated heterocycles. The number of nitrogens with two attached hydrogens (primary N) is 1. The zero-order valence-corrected chi connectivity index (χ0v) is 11.6. The van der Waals surface area contributed by atoms with Crippen molar-refractivity contribution in [3.63, 3.8) is 0 Å². The zero-order valence-electron chi connectivity index (χ0n) is 10.8. The van der Waals surface area contributed by atoms with Gasteiger partial charge >= 0.3 is 6.18 Å². The fourth-order valence-corrected chi connectivity index (χ4v) is 1.43. The smallest absolute Gasteiger partial charge is 0.416 e. The third kappa shape index (κ3) is 5.26. The van der Waals surface area contributed by atoms with Gasteiger partial charge in [0.05, 0.1) is 17.9 Å². The Hall–Kier alpha value is -1.47. The molecule has 0 radical (unpaired) electrons. The fraction of sp³-hybridized carbons (Fsp3) is 0.417. The molecule has 8 heteroatoms. The number of ether oxygens (including phenoxy) is 1. The molecule has 0 saturated carbocycles. The van der Waals surface area contributed by atoms with E-state index in [0.717, 1.165) is 12.1 Å². The number of rotatable bonds is 5. The van der Waals surface area contributed by atoms with Crippen molar-refractivity contribution in [2.24, 2.45) is 5.73 Å². The largest absolute Gasteiger partial charge is 0.492 e. The quantitative estimate of drug-likeness (QED) is 0.878. The SMILES string of the molecule is CCOc1ccc(C(F)(F)F)cc1NC(=O)CCN.Cl. The summed E-state index contributed by atoms with van der Waals surface area (Å²) in [4.78, 5) is 11.4. The first-order valence-electron chi connectivity index (χ1n) is 5.72. The average molecular weight is 313 g/mol. The Morgan fingerprint density at radius 1 is 1.40 bits per heavy atom. The Balaban J connectivity index is 0.00000361. The molecule has 0 atom stereocenters. The van der Waals surface area contributed by atoms with Gasteiger partial charge in [-0.1, -0.05) is 0 Å². The van der Waals surface area contributed by atoms with Gasteiger partial charge in [0.1, 0.15) is 5.75 Å². The van der Waals surface area contributed by atoms with Gasteiger partial charge in [0, 0.05) is 13.0 Å².